The second kappa shape index (κ2) is 7.86. The third-order valence-corrected chi connectivity index (χ3v) is 4.47. The zero-order valence-corrected chi connectivity index (χ0v) is 15.6. The van der Waals surface area contributed by atoms with Gasteiger partial charge in [0.15, 0.2) is 0 Å². The van der Waals surface area contributed by atoms with E-state index in [1.54, 1.807) is 31.4 Å². The van der Waals surface area contributed by atoms with Crippen molar-refractivity contribution in [2.75, 3.05) is 19.4 Å². The molecule has 0 unspecified atom stereocenters. The van der Waals surface area contributed by atoms with E-state index in [1.165, 1.54) is 0 Å². The molecule has 0 aliphatic carbocycles. The maximum Gasteiger partial charge on any atom is 0.269 e. The number of anilines is 1. The van der Waals surface area contributed by atoms with E-state index >= 15 is 0 Å². The largest absolute Gasteiger partial charge is 0.508 e. The van der Waals surface area contributed by atoms with Crippen molar-refractivity contribution >= 4 is 11.7 Å². The van der Waals surface area contributed by atoms with Crippen molar-refractivity contribution in [3.05, 3.63) is 60.0 Å². The molecule has 0 saturated heterocycles. The lowest BCUT2D eigenvalue weighted by molar-refractivity contribution is 0.0958. The van der Waals surface area contributed by atoms with Gasteiger partial charge in [0.1, 0.15) is 17.3 Å². The molecule has 0 aliphatic heterocycles. The van der Waals surface area contributed by atoms with Crippen molar-refractivity contribution < 1.29 is 9.90 Å². The fraction of sp³-hybridized carbons (Fsp3) is 0.190. The molecular weight excluding hydrogens is 340 g/mol. The highest BCUT2D eigenvalue weighted by atomic mass is 16.3. The van der Waals surface area contributed by atoms with Gasteiger partial charge in [0, 0.05) is 43.2 Å². The van der Waals surface area contributed by atoms with Crippen molar-refractivity contribution in [1.82, 2.24) is 15.3 Å². The zero-order chi connectivity index (χ0) is 19.4. The molecule has 2 aromatic heterocycles. The Morgan fingerprint density at radius 1 is 1.00 bits per heavy atom. The summed E-state index contributed by atoms with van der Waals surface area (Å²) >= 11 is 0. The predicted molar refractivity (Wildman–Crippen MR) is 107 cm³/mol. The highest BCUT2D eigenvalue weighted by Crippen LogP contribution is 2.37. The van der Waals surface area contributed by atoms with Crippen LogP contribution in [0, 0.1) is 0 Å². The molecule has 0 aliphatic rings. The van der Waals surface area contributed by atoms with Gasteiger partial charge in [-0.2, -0.15) is 0 Å². The fourth-order valence-electron chi connectivity index (χ4n) is 3.11. The Morgan fingerprint density at radius 3 is 2.26 bits per heavy atom. The maximum absolute atomic E-state index is 11.7. The van der Waals surface area contributed by atoms with Crippen LogP contribution in [-0.2, 0) is 6.42 Å². The quantitative estimate of drug-likeness (QED) is 0.647. The number of phenolic OH excluding ortho intramolecular Hbond substituents is 1. The van der Waals surface area contributed by atoms with Crippen LogP contribution < -0.4 is 10.6 Å². The third-order valence-electron chi connectivity index (χ3n) is 4.47. The first-order valence-electron chi connectivity index (χ1n) is 8.76. The molecule has 1 aromatic carbocycles. The Hall–Kier alpha value is -3.41. The van der Waals surface area contributed by atoms with Crippen LogP contribution in [0.15, 0.2) is 48.8 Å². The van der Waals surface area contributed by atoms with E-state index in [0.717, 1.165) is 40.1 Å². The van der Waals surface area contributed by atoms with Crippen molar-refractivity contribution in [2.45, 2.75) is 13.3 Å². The molecule has 3 aromatic rings. The summed E-state index contributed by atoms with van der Waals surface area (Å²) in [4.78, 5) is 20.6. The first kappa shape index (κ1) is 18.4. The number of rotatable bonds is 5. The number of aromatic hydroxyl groups is 1. The summed E-state index contributed by atoms with van der Waals surface area (Å²) in [5.74, 6) is 0.780. The van der Waals surface area contributed by atoms with Crippen molar-refractivity contribution in [2.24, 2.45) is 0 Å². The van der Waals surface area contributed by atoms with Crippen LogP contribution >= 0.6 is 0 Å². The van der Waals surface area contributed by atoms with Gasteiger partial charge in [0.05, 0.1) is 0 Å². The summed E-state index contributed by atoms with van der Waals surface area (Å²) in [5.41, 5.74) is 5.32. The Labute approximate surface area is 158 Å². The van der Waals surface area contributed by atoms with Gasteiger partial charge in [-0.1, -0.05) is 25.1 Å². The molecule has 2 heterocycles. The Bertz CT molecular complexity index is 951. The standard InChI is InChI=1S/C21H22N4O2/c1-4-16-17(14-7-10-18(24-11-14)21(27)23-3)12-25-20(22-2)19(16)13-5-8-15(26)9-6-13/h5-12,26H,4H2,1-3H3,(H,22,25)(H,23,27). The Kier molecular flexibility index (Phi) is 5.35. The highest BCUT2D eigenvalue weighted by Gasteiger charge is 2.17. The average molecular weight is 362 g/mol. The molecule has 3 rings (SSSR count). The topological polar surface area (TPSA) is 87.1 Å². The van der Waals surface area contributed by atoms with Crippen molar-refractivity contribution in [1.29, 1.82) is 0 Å². The van der Waals surface area contributed by atoms with Crippen LogP contribution in [0.5, 0.6) is 5.75 Å². The van der Waals surface area contributed by atoms with Gasteiger partial charge in [0.25, 0.3) is 5.91 Å². The van der Waals surface area contributed by atoms with Gasteiger partial charge in [-0.3, -0.25) is 9.78 Å². The summed E-state index contributed by atoms with van der Waals surface area (Å²) in [5, 5.41) is 15.3. The van der Waals surface area contributed by atoms with E-state index in [-0.39, 0.29) is 11.7 Å². The lowest BCUT2D eigenvalue weighted by atomic mass is 9.92. The third kappa shape index (κ3) is 3.60. The van der Waals surface area contributed by atoms with Crippen LogP contribution in [-0.4, -0.2) is 35.1 Å². The number of hydrogen-bond donors (Lipinski definition) is 3. The molecule has 0 fully saturated rings. The van der Waals surface area contributed by atoms with E-state index in [0.29, 0.717) is 5.69 Å². The van der Waals surface area contributed by atoms with Crippen LogP contribution in [0.1, 0.15) is 23.0 Å². The second-order valence-corrected chi connectivity index (χ2v) is 6.04. The molecule has 27 heavy (non-hydrogen) atoms. The maximum atomic E-state index is 11.7. The molecule has 3 N–H and O–H groups in total. The Morgan fingerprint density at radius 2 is 1.70 bits per heavy atom. The SMILES string of the molecule is CCc1c(-c2ccc(C(=O)NC)nc2)cnc(NC)c1-c1ccc(O)cc1. The van der Waals surface area contributed by atoms with Crippen LogP contribution in [0.25, 0.3) is 22.3 Å². The van der Waals surface area contributed by atoms with Crippen LogP contribution in [0.2, 0.25) is 0 Å². The summed E-state index contributed by atoms with van der Waals surface area (Å²) in [7, 11) is 3.42. The number of pyridine rings is 2. The minimum absolute atomic E-state index is 0.217. The summed E-state index contributed by atoms with van der Waals surface area (Å²) < 4.78 is 0. The number of amides is 1. The molecule has 0 bridgehead atoms. The zero-order valence-electron chi connectivity index (χ0n) is 15.6. The first-order chi connectivity index (χ1) is 13.1. The highest BCUT2D eigenvalue weighted by molar-refractivity contribution is 5.92. The van der Waals surface area contributed by atoms with E-state index < -0.39 is 0 Å². The number of nitrogens with zero attached hydrogens (tertiary/aromatic N) is 2. The van der Waals surface area contributed by atoms with Gasteiger partial charge in [-0.05, 0) is 35.7 Å². The smallest absolute Gasteiger partial charge is 0.269 e. The van der Waals surface area contributed by atoms with Gasteiger partial charge in [-0.25, -0.2) is 4.98 Å². The van der Waals surface area contributed by atoms with Crippen LogP contribution in [0.3, 0.4) is 0 Å². The number of nitrogens with one attached hydrogen (secondary N) is 2. The molecule has 6 nitrogen and oxygen atoms in total. The van der Waals surface area contributed by atoms with E-state index in [9.17, 15) is 9.90 Å². The first-order valence-corrected chi connectivity index (χ1v) is 8.76. The summed E-state index contributed by atoms with van der Waals surface area (Å²) in [6.07, 6.45) is 4.31. The molecule has 0 radical (unpaired) electrons. The van der Waals surface area contributed by atoms with E-state index in [1.807, 2.05) is 31.4 Å². The van der Waals surface area contributed by atoms with E-state index in [2.05, 4.69) is 27.5 Å². The normalized spacial score (nSPS) is 10.5. The van der Waals surface area contributed by atoms with Gasteiger partial charge < -0.3 is 15.7 Å². The monoisotopic (exact) mass is 362 g/mol. The number of phenols is 1. The average Bonchev–Trinajstić information content (AvgIpc) is 2.72. The van der Waals surface area contributed by atoms with Gasteiger partial charge in [0.2, 0.25) is 0 Å². The number of hydrogen-bond acceptors (Lipinski definition) is 5. The van der Waals surface area contributed by atoms with Crippen LogP contribution in [0.4, 0.5) is 5.82 Å². The fourth-order valence-corrected chi connectivity index (χ4v) is 3.11. The summed E-state index contributed by atoms with van der Waals surface area (Å²) in [6, 6.07) is 10.7. The number of aromatic nitrogens is 2. The molecule has 0 atom stereocenters. The minimum atomic E-state index is -0.217. The molecule has 138 valence electrons. The number of benzene rings is 1. The molecule has 0 spiro atoms. The molecular formula is C21H22N4O2. The number of carbonyl (C=O) groups is 1. The second-order valence-electron chi connectivity index (χ2n) is 6.04. The lowest BCUT2D eigenvalue weighted by Gasteiger charge is -2.17. The van der Waals surface area contributed by atoms with E-state index in [4.69, 9.17) is 0 Å². The van der Waals surface area contributed by atoms with Crippen molar-refractivity contribution in [3.63, 3.8) is 0 Å². The summed E-state index contributed by atoms with van der Waals surface area (Å²) in [6.45, 7) is 2.09. The van der Waals surface area contributed by atoms with Gasteiger partial charge in [-0.15, -0.1) is 0 Å². The van der Waals surface area contributed by atoms with Crippen molar-refractivity contribution in [3.8, 4) is 28.0 Å². The predicted octanol–water partition coefficient (Wildman–Crippen LogP) is 3.48. The molecule has 6 heteroatoms. The number of carbonyl (C=O) groups excluding carboxylic acids is 1. The lowest BCUT2D eigenvalue weighted by Crippen LogP contribution is -2.18. The minimum Gasteiger partial charge on any atom is -0.508 e. The molecule has 1 amide bonds. The Balaban J connectivity index is 2.15. The van der Waals surface area contributed by atoms with Gasteiger partial charge >= 0.3 is 0 Å². The molecule has 0 saturated carbocycles.